The minimum atomic E-state index is -0.950. The average Bonchev–Trinajstić information content (AvgIpc) is 3.57. The van der Waals surface area contributed by atoms with Crippen LogP contribution in [0.15, 0.2) is 18.5 Å². The highest BCUT2D eigenvalue weighted by Gasteiger charge is 2.34. The van der Waals surface area contributed by atoms with Crippen LogP contribution in [0.2, 0.25) is 0 Å². The van der Waals surface area contributed by atoms with E-state index in [9.17, 15) is 13.6 Å². The molecule has 0 unspecified atom stereocenters. The summed E-state index contributed by atoms with van der Waals surface area (Å²) in [5.74, 6) is -1.18. The number of carbonyl (C=O) groups is 1. The molecule has 1 aromatic carbocycles. The van der Waals surface area contributed by atoms with E-state index >= 15 is 0 Å². The number of aliphatic hydroxyl groups excluding tert-OH is 1. The SMILES string of the molecule is O=C(O)N1CCC(Oc2ncnc(Oc3cc(F)c(CCO)cc3F)c2C2CC2)CC1. The summed E-state index contributed by atoms with van der Waals surface area (Å²) < 4.78 is 40.4. The van der Waals surface area contributed by atoms with E-state index in [1.54, 1.807) is 0 Å². The Morgan fingerprint density at radius 2 is 1.81 bits per heavy atom. The van der Waals surface area contributed by atoms with Crippen molar-refractivity contribution < 1.29 is 33.3 Å². The van der Waals surface area contributed by atoms with Gasteiger partial charge in [0, 0.05) is 38.6 Å². The molecule has 10 heteroatoms. The molecule has 0 bridgehead atoms. The number of aromatic nitrogens is 2. The second kappa shape index (κ2) is 9.01. The van der Waals surface area contributed by atoms with Gasteiger partial charge in [0.1, 0.15) is 18.2 Å². The fraction of sp³-hybridized carbons (Fsp3) is 0.476. The number of benzene rings is 1. The average molecular weight is 435 g/mol. The Morgan fingerprint density at radius 1 is 1.10 bits per heavy atom. The monoisotopic (exact) mass is 435 g/mol. The van der Waals surface area contributed by atoms with Crippen LogP contribution in [0, 0.1) is 11.6 Å². The number of amides is 1. The second-order valence-electron chi connectivity index (χ2n) is 7.71. The Balaban J connectivity index is 1.55. The van der Waals surface area contributed by atoms with E-state index in [0.29, 0.717) is 37.4 Å². The fourth-order valence-electron chi connectivity index (χ4n) is 3.65. The first kappa shape index (κ1) is 21.2. The molecule has 2 heterocycles. The van der Waals surface area contributed by atoms with Crippen molar-refractivity contribution in [2.24, 2.45) is 0 Å². The zero-order valence-corrected chi connectivity index (χ0v) is 16.8. The summed E-state index contributed by atoms with van der Waals surface area (Å²) in [7, 11) is 0. The van der Waals surface area contributed by atoms with E-state index < -0.39 is 17.7 Å². The Morgan fingerprint density at radius 3 is 2.45 bits per heavy atom. The topological polar surface area (TPSA) is 105 Å². The molecule has 2 aromatic rings. The Labute approximate surface area is 177 Å². The predicted octanol–water partition coefficient (Wildman–Crippen LogP) is 3.48. The number of halogens is 2. The van der Waals surface area contributed by atoms with Gasteiger partial charge in [-0.05, 0) is 36.8 Å². The zero-order valence-electron chi connectivity index (χ0n) is 16.8. The van der Waals surface area contributed by atoms with Gasteiger partial charge in [0.2, 0.25) is 11.8 Å². The molecule has 8 nitrogen and oxygen atoms in total. The van der Waals surface area contributed by atoms with E-state index in [1.807, 2.05) is 0 Å². The van der Waals surface area contributed by atoms with Crippen LogP contribution in [-0.4, -0.2) is 57.0 Å². The summed E-state index contributed by atoms with van der Waals surface area (Å²) in [6, 6.07) is 1.95. The van der Waals surface area contributed by atoms with E-state index in [1.165, 1.54) is 11.2 Å². The number of carboxylic acid groups (broad SMARTS) is 1. The lowest BCUT2D eigenvalue weighted by Crippen LogP contribution is -2.41. The van der Waals surface area contributed by atoms with Crippen molar-refractivity contribution in [1.82, 2.24) is 14.9 Å². The van der Waals surface area contributed by atoms with Crippen LogP contribution in [0.5, 0.6) is 17.5 Å². The molecule has 1 saturated heterocycles. The summed E-state index contributed by atoms with van der Waals surface area (Å²) in [6.45, 7) is 0.455. The van der Waals surface area contributed by atoms with Gasteiger partial charge in [0.25, 0.3) is 0 Å². The molecular weight excluding hydrogens is 412 g/mol. The van der Waals surface area contributed by atoms with Crippen molar-refractivity contribution >= 4 is 6.09 Å². The number of hydrogen-bond donors (Lipinski definition) is 2. The smallest absolute Gasteiger partial charge is 0.407 e. The molecule has 0 atom stereocenters. The molecule has 1 amide bonds. The zero-order chi connectivity index (χ0) is 22.0. The third-order valence-electron chi connectivity index (χ3n) is 5.48. The fourth-order valence-corrected chi connectivity index (χ4v) is 3.65. The van der Waals surface area contributed by atoms with E-state index in [0.717, 1.165) is 25.0 Å². The lowest BCUT2D eigenvalue weighted by molar-refractivity contribution is 0.0862. The predicted molar refractivity (Wildman–Crippen MR) is 104 cm³/mol. The van der Waals surface area contributed by atoms with Crippen molar-refractivity contribution in [2.45, 2.75) is 44.1 Å². The van der Waals surface area contributed by atoms with Crippen LogP contribution in [-0.2, 0) is 6.42 Å². The van der Waals surface area contributed by atoms with Gasteiger partial charge in [-0.15, -0.1) is 0 Å². The Bertz CT molecular complexity index is 962. The molecule has 1 saturated carbocycles. The number of likely N-dealkylation sites (tertiary alicyclic amines) is 1. The van der Waals surface area contributed by atoms with Crippen LogP contribution >= 0.6 is 0 Å². The number of rotatable bonds is 7. The molecule has 4 rings (SSSR count). The van der Waals surface area contributed by atoms with Crippen LogP contribution in [0.25, 0.3) is 0 Å². The maximum atomic E-state index is 14.5. The van der Waals surface area contributed by atoms with Gasteiger partial charge in [-0.25, -0.2) is 23.5 Å². The normalized spacial score (nSPS) is 16.9. The van der Waals surface area contributed by atoms with Crippen molar-refractivity contribution in [1.29, 1.82) is 0 Å². The third kappa shape index (κ3) is 4.84. The molecule has 2 fully saturated rings. The van der Waals surface area contributed by atoms with Gasteiger partial charge in [-0.2, -0.15) is 0 Å². The number of ether oxygens (including phenoxy) is 2. The maximum Gasteiger partial charge on any atom is 0.407 e. The van der Waals surface area contributed by atoms with Crippen molar-refractivity contribution in [3.8, 4) is 17.5 Å². The number of nitrogens with zero attached hydrogens (tertiary/aromatic N) is 3. The summed E-state index contributed by atoms with van der Waals surface area (Å²) in [5.41, 5.74) is 0.677. The number of piperidine rings is 1. The van der Waals surface area contributed by atoms with E-state index in [-0.39, 0.29) is 42.2 Å². The van der Waals surface area contributed by atoms with Crippen molar-refractivity contribution in [2.75, 3.05) is 19.7 Å². The highest BCUT2D eigenvalue weighted by molar-refractivity contribution is 5.65. The first-order chi connectivity index (χ1) is 15.0. The molecule has 2 N–H and O–H groups in total. The van der Waals surface area contributed by atoms with Gasteiger partial charge in [0.15, 0.2) is 11.6 Å². The van der Waals surface area contributed by atoms with Gasteiger partial charge in [0.05, 0.1) is 5.56 Å². The minimum absolute atomic E-state index is 0.00253. The Kier molecular flexibility index (Phi) is 6.17. The molecule has 0 spiro atoms. The van der Waals surface area contributed by atoms with E-state index in [2.05, 4.69) is 9.97 Å². The van der Waals surface area contributed by atoms with Crippen LogP contribution < -0.4 is 9.47 Å². The molecule has 1 aliphatic carbocycles. The minimum Gasteiger partial charge on any atom is -0.474 e. The summed E-state index contributed by atoms with van der Waals surface area (Å²) in [6.07, 6.45) is 2.91. The molecule has 166 valence electrons. The van der Waals surface area contributed by atoms with Crippen LogP contribution in [0.3, 0.4) is 0 Å². The number of aliphatic hydroxyl groups is 1. The quantitative estimate of drug-likeness (QED) is 0.686. The first-order valence-electron chi connectivity index (χ1n) is 10.2. The highest BCUT2D eigenvalue weighted by atomic mass is 19.1. The molecular formula is C21H23F2N3O5. The second-order valence-corrected chi connectivity index (χ2v) is 7.71. The van der Waals surface area contributed by atoms with Crippen molar-refractivity contribution in [3.05, 3.63) is 41.2 Å². The van der Waals surface area contributed by atoms with E-state index in [4.69, 9.17) is 19.7 Å². The van der Waals surface area contributed by atoms with Gasteiger partial charge >= 0.3 is 6.09 Å². The third-order valence-corrected chi connectivity index (χ3v) is 5.48. The molecule has 2 aliphatic rings. The summed E-state index contributed by atoms with van der Waals surface area (Å²) in [5, 5.41) is 18.1. The maximum absolute atomic E-state index is 14.5. The molecule has 1 aliphatic heterocycles. The van der Waals surface area contributed by atoms with Crippen LogP contribution in [0.4, 0.5) is 13.6 Å². The Hall–Kier alpha value is -3.01. The standard InChI is InChI=1S/C21H23F2N3O5/c22-15-10-17(16(23)9-13(15)5-8-27)31-20-18(12-1-2-12)19(24-11-25-20)30-14-3-6-26(7-4-14)21(28)29/h9-12,14,27H,1-8H2,(H,28,29). The van der Waals surface area contributed by atoms with Gasteiger partial charge in [-0.1, -0.05) is 0 Å². The summed E-state index contributed by atoms with van der Waals surface area (Å²) in [4.78, 5) is 20.8. The lowest BCUT2D eigenvalue weighted by atomic mass is 10.1. The van der Waals surface area contributed by atoms with Gasteiger partial charge < -0.3 is 24.6 Å². The molecule has 1 aromatic heterocycles. The van der Waals surface area contributed by atoms with Crippen LogP contribution in [0.1, 0.15) is 42.7 Å². The van der Waals surface area contributed by atoms with Crippen molar-refractivity contribution in [3.63, 3.8) is 0 Å². The molecule has 0 radical (unpaired) electrons. The van der Waals surface area contributed by atoms with Gasteiger partial charge in [-0.3, -0.25) is 0 Å². The highest BCUT2D eigenvalue weighted by Crippen LogP contribution is 2.48. The summed E-state index contributed by atoms with van der Waals surface area (Å²) >= 11 is 0. The molecule has 31 heavy (non-hydrogen) atoms. The largest absolute Gasteiger partial charge is 0.474 e. The number of hydrogen-bond acceptors (Lipinski definition) is 6. The lowest BCUT2D eigenvalue weighted by Gasteiger charge is -2.30. The first-order valence-corrected chi connectivity index (χ1v) is 10.2.